The minimum atomic E-state index is -1.05. The second kappa shape index (κ2) is 8.13. The van der Waals surface area contributed by atoms with Gasteiger partial charge in [-0.05, 0) is 27.7 Å². The van der Waals surface area contributed by atoms with Gasteiger partial charge >= 0.3 is 5.97 Å². The summed E-state index contributed by atoms with van der Waals surface area (Å²) in [5.74, 6) is -0.353. The van der Waals surface area contributed by atoms with Gasteiger partial charge in [0.25, 0.3) is 0 Å². The van der Waals surface area contributed by atoms with E-state index in [4.69, 9.17) is 9.73 Å². The Morgan fingerprint density at radius 2 is 1.42 bits per heavy atom. The van der Waals surface area contributed by atoms with Gasteiger partial charge < -0.3 is 4.74 Å². The molecule has 2 aromatic carbocycles. The van der Waals surface area contributed by atoms with Gasteiger partial charge in [0, 0.05) is 17.5 Å². The number of carbonyl (C=O) groups excluding carboxylic acids is 1. The van der Waals surface area contributed by atoms with Crippen LogP contribution in [-0.4, -0.2) is 22.8 Å². The van der Waals surface area contributed by atoms with E-state index in [2.05, 4.69) is 6.58 Å². The summed E-state index contributed by atoms with van der Waals surface area (Å²) >= 11 is 0. The largest absolute Gasteiger partial charge is 0.458 e. The van der Waals surface area contributed by atoms with Crippen molar-refractivity contribution in [2.75, 3.05) is 0 Å². The van der Waals surface area contributed by atoms with Crippen LogP contribution in [-0.2, 0) is 9.53 Å². The number of hydrogen-bond donors (Lipinski definition) is 0. The van der Waals surface area contributed by atoms with Gasteiger partial charge in [-0.15, -0.1) is 6.58 Å². The molecule has 0 aliphatic rings. The maximum Gasteiger partial charge on any atom is 0.334 e. The smallest absolute Gasteiger partial charge is 0.334 e. The number of rotatable bonds is 6. The van der Waals surface area contributed by atoms with Crippen molar-refractivity contribution in [3.05, 3.63) is 84.4 Å². The number of esters is 1. The summed E-state index contributed by atoms with van der Waals surface area (Å²) in [7, 11) is 0. The normalized spacial score (nSPS) is 13.4. The number of ether oxygens (including phenoxy) is 1. The average Bonchev–Trinajstić information content (AvgIpc) is 2.60. The van der Waals surface area contributed by atoms with Gasteiger partial charge in [-0.3, -0.25) is 4.99 Å². The highest BCUT2D eigenvalue weighted by molar-refractivity contribution is 6.13. The van der Waals surface area contributed by atoms with Crippen LogP contribution in [0, 0.1) is 0 Å². The van der Waals surface area contributed by atoms with Crippen LogP contribution < -0.4 is 0 Å². The summed E-state index contributed by atoms with van der Waals surface area (Å²) in [6.07, 6.45) is 2.10. The van der Waals surface area contributed by atoms with Gasteiger partial charge in [0.05, 0.1) is 5.71 Å². The lowest BCUT2D eigenvalue weighted by Gasteiger charge is -2.29. The monoisotopic (exact) mass is 349 g/mol. The molecule has 1 atom stereocenters. The lowest BCUT2D eigenvalue weighted by molar-refractivity contribution is -0.160. The molecule has 3 nitrogen and oxygen atoms in total. The lowest BCUT2D eigenvalue weighted by Crippen LogP contribution is -2.40. The van der Waals surface area contributed by atoms with Crippen molar-refractivity contribution >= 4 is 11.7 Å². The molecule has 2 aromatic rings. The van der Waals surface area contributed by atoms with Gasteiger partial charge in [-0.25, -0.2) is 4.79 Å². The maximum absolute atomic E-state index is 12.9. The SMILES string of the molecule is C=CCC(C)(N=C(c1ccccc1)c1ccccc1)C(=O)OC(C)(C)C. The molecule has 136 valence electrons. The van der Waals surface area contributed by atoms with Crippen LogP contribution in [0.15, 0.2) is 78.3 Å². The number of nitrogens with zero attached hydrogens (tertiary/aromatic N) is 1. The second-order valence-corrected chi connectivity index (χ2v) is 7.46. The molecule has 26 heavy (non-hydrogen) atoms. The first kappa shape index (κ1) is 19.6. The Hall–Kier alpha value is -2.68. The van der Waals surface area contributed by atoms with Crippen molar-refractivity contribution in [1.29, 1.82) is 0 Å². The molecule has 0 aromatic heterocycles. The Balaban J connectivity index is 2.57. The van der Waals surface area contributed by atoms with Crippen molar-refractivity contribution in [3.63, 3.8) is 0 Å². The van der Waals surface area contributed by atoms with Crippen LogP contribution in [0.1, 0.15) is 45.2 Å². The summed E-state index contributed by atoms with van der Waals surface area (Å²) in [6, 6.07) is 19.8. The van der Waals surface area contributed by atoms with Crippen LogP contribution in [0.5, 0.6) is 0 Å². The van der Waals surface area contributed by atoms with E-state index in [0.717, 1.165) is 16.8 Å². The van der Waals surface area contributed by atoms with Crippen molar-refractivity contribution < 1.29 is 9.53 Å². The molecular weight excluding hydrogens is 322 g/mol. The molecule has 0 aliphatic carbocycles. The Labute approximate surface area is 156 Å². The fourth-order valence-corrected chi connectivity index (χ4v) is 2.58. The van der Waals surface area contributed by atoms with Gasteiger partial charge in [-0.1, -0.05) is 66.7 Å². The number of hydrogen-bond acceptors (Lipinski definition) is 3. The van der Waals surface area contributed by atoms with Crippen LogP contribution in [0.4, 0.5) is 0 Å². The summed E-state index contributed by atoms with van der Waals surface area (Å²) in [5, 5.41) is 0. The van der Waals surface area contributed by atoms with Crippen molar-refractivity contribution in [2.24, 2.45) is 4.99 Å². The highest BCUT2D eigenvalue weighted by atomic mass is 16.6. The molecule has 0 bridgehead atoms. The number of carbonyl (C=O) groups is 1. The van der Waals surface area contributed by atoms with Gasteiger partial charge in [0.1, 0.15) is 5.60 Å². The summed E-state index contributed by atoms with van der Waals surface area (Å²) in [5.41, 5.74) is 1.06. The Morgan fingerprint density at radius 1 is 0.962 bits per heavy atom. The van der Waals surface area contributed by atoms with Crippen LogP contribution in [0.25, 0.3) is 0 Å². The molecule has 0 spiro atoms. The third-order valence-electron chi connectivity index (χ3n) is 3.83. The van der Waals surface area contributed by atoms with E-state index in [0.29, 0.717) is 6.42 Å². The van der Waals surface area contributed by atoms with Crippen molar-refractivity contribution in [1.82, 2.24) is 0 Å². The third kappa shape index (κ3) is 5.16. The second-order valence-electron chi connectivity index (χ2n) is 7.46. The Bertz CT molecular complexity index is 731. The van der Waals surface area contributed by atoms with E-state index >= 15 is 0 Å². The molecule has 0 heterocycles. The standard InChI is InChI=1S/C23H27NO2/c1-6-17-23(5,21(25)26-22(2,3)4)24-20(18-13-9-7-10-14-18)19-15-11-8-12-16-19/h6-16H,1,17H2,2-5H3. The molecule has 0 amide bonds. The van der Waals surface area contributed by atoms with E-state index in [9.17, 15) is 4.79 Å². The fraction of sp³-hybridized carbons (Fsp3) is 0.304. The Morgan fingerprint density at radius 3 is 1.81 bits per heavy atom. The number of benzene rings is 2. The molecule has 0 radical (unpaired) electrons. The first-order valence-corrected chi connectivity index (χ1v) is 8.80. The zero-order chi connectivity index (χ0) is 19.2. The quantitative estimate of drug-likeness (QED) is 0.408. The first-order chi connectivity index (χ1) is 12.2. The predicted molar refractivity (Wildman–Crippen MR) is 108 cm³/mol. The lowest BCUT2D eigenvalue weighted by atomic mass is 9.95. The Kier molecular flexibility index (Phi) is 6.14. The molecule has 0 aliphatic heterocycles. The average molecular weight is 349 g/mol. The van der Waals surface area contributed by atoms with Gasteiger partial charge in [0.15, 0.2) is 5.54 Å². The van der Waals surface area contributed by atoms with E-state index in [-0.39, 0.29) is 5.97 Å². The topological polar surface area (TPSA) is 38.7 Å². The highest BCUT2D eigenvalue weighted by Crippen LogP contribution is 2.25. The number of aliphatic imine (C=N–C) groups is 1. The zero-order valence-electron chi connectivity index (χ0n) is 16.0. The van der Waals surface area contributed by atoms with Gasteiger partial charge in [0.2, 0.25) is 0 Å². The molecular formula is C23H27NO2. The van der Waals surface area contributed by atoms with Crippen LogP contribution in [0.2, 0.25) is 0 Å². The molecule has 2 rings (SSSR count). The van der Waals surface area contributed by atoms with Crippen molar-refractivity contribution in [3.8, 4) is 0 Å². The van der Waals surface area contributed by atoms with E-state index < -0.39 is 11.1 Å². The first-order valence-electron chi connectivity index (χ1n) is 8.80. The van der Waals surface area contributed by atoms with E-state index in [1.54, 1.807) is 13.0 Å². The van der Waals surface area contributed by atoms with Crippen LogP contribution >= 0.6 is 0 Å². The third-order valence-corrected chi connectivity index (χ3v) is 3.83. The molecule has 0 fully saturated rings. The van der Waals surface area contributed by atoms with E-state index in [1.807, 2.05) is 81.4 Å². The van der Waals surface area contributed by atoms with Crippen molar-refractivity contribution in [2.45, 2.75) is 45.3 Å². The van der Waals surface area contributed by atoms with Crippen LogP contribution in [0.3, 0.4) is 0 Å². The molecule has 1 unspecified atom stereocenters. The summed E-state index contributed by atoms with van der Waals surface area (Å²) in [4.78, 5) is 17.8. The predicted octanol–water partition coefficient (Wildman–Crippen LogP) is 5.20. The van der Waals surface area contributed by atoms with Gasteiger partial charge in [-0.2, -0.15) is 0 Å². The minimum absolute atomic E-state index is 0.353. The highest BCUT2D eigenvalue weighted by Gasteiger charge is 2.36. The molecule has 3 heteroatoms. The molecule has 0 N–H and O–H groups in total. The maximum atomic E-state index is 12.9. The summed E-state index contributed by atoms with van der Waals surface area (Å²) in [6.45, 7) is 11.2. The summed E-state index contributed by atoms with van der Waals surface area (Å²) < 4.78 is 5.63. The van der Waals surface area contributed by atoms with E-state index in [1.165, 1.54) is 0 Å². The minimum Gasteiger partial charge on any atom is -0.458 e. The molecule has 0 saturated carbocycles. The molecule has 0 saturated heterocycles. The fourth-order valence-electron chi connectivity index (χ4n) is 2.58. The zero-order valence-corrected chi connectivity index (χ0v) is 16.0.